The number of carbonyl (C=O) groups is 1. The fourth-order valence-electron chi connectivity index (χ4n) is 2.41. The first-order valence-electron chi connectivity index (χ1n) is 8.36. The second-order valence-electron chi connectivity index (χ2n) is 5.39. The summed E-state index contributed by atoms with van der Waals surface area (Å²) in [6.07, 6.45) is 1.85. The van der Waals surface area contributed by atoms with Gasteiger partial charge in [-0.25, -0.2) is 0 Å². The molecule has 0 atom stereocenters. The number of carbonyl (C=O) groups excluding carboxylic acids is 1. The summed E-state index contributed by atoms with van der Waals surface area (Å²) in [7, 11) is 0. The van der Waals surface area contributed by atoms with Gasteiger partial charge in [0.2, 0.25) is 5.89 Å². The van der Waals surface area contributed by atoms with Crippen molar-refractivity contribution in [2.75, 3.05) is 18.0 Å². The van der Waals surface area contributed by atoms with Crippen LogP contribution in [0.1, 0.15) is 32.2 Å². The van der Waals surface area contributed by atoms with E-state index in [1.54, 1.807) is 6.07 Å². The molecule has 1 aromatic heterocycles. The van der Waals surface area contributed by atoms with Crippen LogP contribution in [-0.4, -0.2) is 34.2 Å². The van der Waals surface area contributed by atoms with Crippen LogP contribution in [0.4, 0.5) is 11.4 Å². The predicted molar refractivity (Wildman–Crippen MR) is 99.2 cm³/mol. The summed E-state index contributed by atoms with van der Waals surface area (Å²) >= 11 is 0.748. The molecule has 27 heavy (non-hydrogen) atoms. The molecular weight excluding hydrogens is 372 g/mol. The maximum atomic E-state index is 11.6. The number of hydrogen-bond acceptors (Lipinski definition) is 9. The second-order valence-corrected chi connectivity index (χ2v) is 6.38. The summed E-state index contributed by atoms with van der Waals surface area (Å²) < 4.78 is 5.32. The molecule has 0 aliphatic rings. The zero-order valence-electron chi connectivity index (χ0n) is 15.2. The van der Waals surface area contributed by atoms with Gasteiger partial charge in [-0.1, -0.05) is 6.92 Å². The van der Waals surface area contributed by atoms with Gasteiger partial charge in [-0.15, -0.1) is 10.2 Å². The highest BCUT2D eigenvalue weighted by atomic mass is 32.2. The fraction of sp³-hybridized carbons (Fsp3) is 0.353. The molecule has 0 N–H and O–H groups in total. The van der Waals surface area contributed by atoms with Crippen LogP contribution in [0.3, 0.4) is 0 Å². The molecule has 9 nitrogen and oxygen atoms in total. The maximum absolute atomic E-state index is 11.6. The Kier molecular flexibility index (Phi) is 6.94. The van der Waals surface area contributed by atoms with E-state index in [2.05, 4.69) is 10.2 Å². The van der Waals surface area contributed by atoms with Crippen LogP contribution in [0.5, 0.6) is 0 Å². The van der Waals surface area contributed by atoms with Crippen molar-refractivity contribution >= 4 is 35.2 Å². The Morgan fingerprint density at radius 2 is 2.00 bits per heavy atom. The van der Waals surface area contributed by atoms with Crippen molar-refractivity contribution in [3.63, 3.8) is 0 Å². The minimum absolute atomic E-state index is 0.0668. The van der Waals surface area contributed by atoms with Crippen LogP contribution in [0, 0.1) is 10.1 Å². The molecule has 10 heteroatoms. The Hall–Kier alpha value is -2.88. The lowest BCUT2D eigenvalue weighted by Gasteiger charge is -2.23. The Labute approximate surface area is 160 Å². The van der Waals surface area contributed by atoms with Gasteiger partial charge in [-0.05, 0) is 37.8 Å². The number of thioether (sulfide) groups is 1. The number of nitrogens with zero attached hydrogens (tertiary/aromatic N) is 4. The van der Waals surface area contributed by atoms with Crippen LogP contribution < -0.4 is 10.0 Å². The summed E-state index contributed by atoms with van der Waals surface area (Å²) in [6, 6.07) is 4.33. The lowest BCUT2D eigenvalue weighted by atomic mass is 10.1. The van der Waals surface area contributed by atoms with Crippen LogP contribution in [0.15, 0.2) is 32.7 Å². The quantitative estimate of drug-likeness (QED) is 0.274. The molecule has 0 saturated carbocycles. The van der Waals surface area contributed by atoms with Crippen molar-refractivity contribution in [2.24, 2.45) is 0 Å². The molecule has 0 bridgehead atoms. The third-order valence-corrected chi connectivity index (χ3v) is 4.61. The molecule has 2 aromatic rings. The van der Waals surface area contributed by atoms with Gasteiger partial charge >= 0.3 is 0 Å². The number of carboxylic acids is 1. The van der Waals surface area contributed by atoms with Crippen molar-refractivity contribution < 1.29 is 19.2 Å². The summed E-state index contributed by atoms with van der Waals surface area (Å²) in [5, 5.41) is 30.3. The van der Waals surface area contributed by atoms with Crippen LogP contribution >= 0.6 is 11.8 Å². The van der Waals surface area contributed by atoms with Gasteiger partial charge in [0.05, 0.1) is 10.9 Å². The Morgan fingerprint density at radius 1 is 1.30 bits per heavy atom. The highest BCUT2D eigenvalue weighted by molar-refractivity contribution is 8.03. The van der Waals surface area contributed by atoms with Gasteiger partial charge < -0.3 is 19.2 Å². The van der Waals surface area contributed by atoms with Gasteiger partial charge in [-0.3, -0.25) is 10.1 Å². The van der Waals surface area contributed by atoms with Crippen molar-refractivity contribution in [3.05, 3.63) is 44.7 Å². The van der Waals surface area contributed by atoms with Gasteiger partial charge in [0.15, 0.2) is 0 Å². The molecule has 144 valence electrons. The summed E-state index contributed by atoms with van der Waals surface area (Å²) in [5.74, 6) is -1.05. The molecule has 0 saturated heterocycles. The lowest BCUT2D eigenvalue weighted by Crippen LogP contribution is -2.24. The van der Waals surface area contributed by atoms with E-state index in [1.807, 2.05) is 25.7 Å². The van der Waals surface area contributed by atoms with Gasteiger partial charge in [0.1, 0.15) is 0 Å². The molecule has 2 rings (SSSR count). The third kappa shape index (κ3) is 5.07. The number of benzene rings is 1. The Balaban J connectivity index is 2.50. The summed E-state index contributed by atoms with van der Waals surface area (Å²) in [5.41, 5.74) is 0.950. The second kappa shape index (κ2) is 9.17. The van der Waals surface area contributed by atoms with E-state index in [0.717, 1.165) is 11.8 Å². The smallest absolute Gasteiger partial charge is 0.281 e. The van der Waals surface area contributed by atoms with Crippen molar-refractivity contribution in [1.29, 1.82) is 0 Å². The van der Waals surface area contributed by atoms with Crippen molar-refractivity contribution in [1.82, 2.24) is 10.2 Å². The van der Waals surface area contributed by atoms with E-state index < -0.39 is 10.9 Å². The summed E-state index contributed by atoms with van der Waals surface area (Å²) in [6.45, 7) is 7.03. The number of non-ortho nitro benzene ring substituents is 1. The normalized spacial score (nSPS) is 11.4. The summed E-state index contributed by atoms with van der Waals surface area (Å²) in [4.78, 5) is 24.0. The largest absolute Gasteiger partial charge is 0.544 e. The van der Waals surface area contributed by atoms with Gasteiger partial charge in [-0.2, -0.15) is 0 Å². The number of anilines is 1. The number of nitro groups is 1. The lowest BCUT2D eigenvalue weighted by molar-refractivity contribution is -0.384. The molecule has 0 fully saturated rings. The standard InChI is InChI=1S/C17H20N4O5S/c1-4-15-18-19-17(26-15)27-14(16(22)23)10-11-9-12(21(24)25)7-8-13(11)20(5-2)6-3/h7-10H,4-6H2,1-3H3,(H,22,23)/p-1/b14-10+. The van der Waals surface area contributed by atoms with E-state index >= 15 is 0 Å². The number of carboxylic acid groups (broad SMARTS) is 1. The van der Waals surface area contributed by atoms with Crippen LogP contribution in [-0.2, 0) is 11.2 Å². The average molecular weight is 391 g/mol. The number of hydrogen-bond donors (Lipinski definition) is 0. The van der Waals surface area contributed by atoms with E-state index in [0.29, 0.717) is 36.7 Å². The Bertz CT molecular complexity index is 861. The minimum atomic E-state index is -1.44. The molecule has 0 aliphatic carbocycles. The number of rotatable bonds is 9. The predicted octanol–water partition coefficient (Wildman–Crippen LogP) is 2.27. The molecule has 1 heterocycles. The molecule has 1 aromatic carbocycles. The average Bonchev–Trinajstić information content (AvgIpc) is 3.10. The van der Waals surface area contributed by atoms with Crippen LogP contribution in [0.25, 0.3) is 6.08 Å². The third-order valence-electron chi connectivity index (χ3n) is 3.76. The number of aryl methyl sites for hydroxylation is 1. The zero-order chi connectivity index (χ0) is 20.0. The number of nitro benzene ring substituents is 1. The van der Waals surface area contributed by atoms with Crippen molar-refractivity contribution in [2.45, 2.75) is 32.4 Å². The van der Waals surface area contributed by atoms with E-state index in [4.69, 9.17) is 4.42 Å². The zero-order valence-corrected chi connectivity index (χ0v) is 16.0. The van der Waals surface area contributed by atoms with E-state index in [9.17, 15) is 20.0 Å². The number of aromatic nitrogens is 2. The maximum Gasteiger partial charge on any atom is 0.281 e. The minimum Gasteiger partial charge on any atom is -0.544 e. The molecule has 0 spiro atoms. The molecule has 0 amide bonds. The molecule has 0 radical (unpaired) electrons. The van der Waals surface area contributed by atoms with Crippen LogP contribution in [0.2, 0.25) is 0 Å². The Morgan fingerprint density at radius 3 is 2.52 bits per heavy atom. The molecule has 0 aliphatic heterocycles. The van der Waals surface area contributed by atoms with E-state index in [-0.39, 0.29) is 15.8 Å². The topological polar surface area (TPSA) is 125 Å². The first-order valence-corrected chi connectivity index (χ1v) is 9.17. The van der Waals surface area contributed by atoms with Gasteiger partial charge in [0, 0.05) is 47.8 Å². The molecule has 0 unspecified atom stereocenters. The first kappa shape index (κ1) is 20.4. The van der Waals surface area contributed by atoms with E-state index in [1.165, 1.54) is 18.2 Å². The number of aliphatic carboxylic acids is 1. The monoisotopic (exact) mass is 391 g/mol. The van der Waals surface area contributed by atoms with Gasteiger partial charge in [0.25, 0.3) is 10.9 Å². The highest BCUT2D eigenvalue weighted by Gasteiger charge is 2.16. The fourth-order valence-corrected chi connectivity index (χ4v) is 3.09. The molecular formula is C17H19N4O5S-. The first-order chi connectivity index (χ1) is 12.9. The highest BCUT2D eigenvalue weighted by Crippen LogP contribution is 2.32. The van der Waals surface area contributed by atoms with Crippen molar-refractivity contribution in [3.8, 4) is 0 Å². The SMILES string of the molecule is CCc1nnc(S/C(=C/c2cc([N+](=O)[O-])ccc2N(CC)CC)C(=O)[O-])o1.